The van der Waals surface area contributed by atoms with Gasteiger partial charge in [0.1, 0.15) is 5.57 Å². The summed E-state index contributed by atoms with van der Waals surface area (Å²) in [6.45, 7) is 5.30. The van der Waals surface area contributed by atoms with Crippen LogP contribution in [0.25, 0.3) is 5.57 Å². The molecule has 0 aliphatic rings. The molecule has 0 bridgehead atoms. The highest BCUT2D eigenvalue weighted by atomic mass is 16.5. The van der Waals surface area contributed by atoms with Gasteiger partial charge in [0, 0.05) is 12.0 Å². The Morgan fingerprint density at radius 2 is 1.33 bits per heavy atom. The molecule has 0 radical (unpaired) electrons. The molecule has 0 aromatic heterocycles. The smallest absolute Gasteiger partial charge is 0.342 e. The van der Waals surface area contributed by atoms with E-state index >= 15 is 0 Å². The highest BCUT2D eigenvalue weighted by Crippen LogP contribution is 2.29. The summed E-state index contributed by atoms with van der Waals surface area (Å²) in [5.74, 6) is -0.789. The number of carbonyl (C=O) groups excluding carboxylic acids is 2. The van der Waals surface area contributed by atoms with Crippen molar-refractivity contribution in [1.29, 1.82) is 0 Å². The van der Waals surface area contributed by atoms with Crippen molar-refractivity contribution < 1.29 is 14.3 Å². The second-order valence-corrected chi connectivity index (χ2v) is 5.71. The largest absolute Gasteiger partial charge is 0.459 e. The number of ketones is 1. The van der Waals surface area contributed by atoms with Gasteiger partial charge in [0.25, 0.3) is 0 Å². The van der Waals surface area contributed by atoms with Crippen LogP contribution in [0.5, 0.6) is 0 Å². The molecule has 0 aliphatic heterocycles. The second kappa shape index (κ2) is 8.25. The van der Waals surface area contributed by atoms with Crippen LogP contribution in [0.2, 0.25) is 0 Å². The monoisotopic (exact) mass is 322 g/mol. The van der Waals surface area contributed by atoms with Crippen LogP contribution in [0.15, 0.2) is 66.2 Å². The lowest BCUT2D eigenvalue weighted by molar-refractivity contribution is -0.143. The molecule has 2 aromatic carbocycles. The van der Waals surface area contributed by atoms with Gasteiger partial charge < -0.3 is 4.74 Å². The fraction of sp³-hybridized carbons (Fsp3) is 0.238. The van der Waals surface area contributed by atoms with Gasteiger partial charge in [-0.05, 0) is 25.0 Å². The molecule has 0 atom stereocenters. The summed E-state index contributed by atoms with van der Waals surface area (Å²) in [5, 5.41) is 0. The molecule has 0 heterocycles. The Bertz CT molecular complexity index is 687. The Balaban J connectivity index is 2.73. The topological polar surface area (TPSA) is 43.4 Å². The fourth-order valence-electron chi connectivity index (χ4n) is 2.47. The number of carbonyl (C=O) groups is 2. The number of hydrogen-bond acceptors (Lipinski definition) is 3. The number of ether oxygens (including phenoxy) is 1. The molecular weight excluding hydrogens is 300 g/mol. The van der Waals surface area contributed by atoms with Crippen molar-refractivity contribution >= 4 is 17.3 Å². The summed E-state index contributed by atoms with van der Waals surface area (Å²) in [7, 11) is 0. The fourth-order valence-corrected chi connectivity index (χ4v) is 2.47. The summed E-state index contributed by atoms with van der Waals surface area (Å²) in [5.41, 5.74) is 2.37. The van der Waals surface area contributed by atoms with Crippen LogP contribution in [0, 0.1) is 0 Å². The minimum Gasteiger partial charge on any atom is -0.459 e. The molecule has 0 fully saturated rings. The number of esters is 1. The van der Waals surface area contributed by atoms with E-state index in [1.54, 1.807) is 20.8 Å². The summed E-state index contributed by atoms with van der Waals surface area (Å²) in [4.78, 5) is 25.2. The molecule has 0 amide bonds. The number of benzene rings is 2. The first-order valence-electron chi connectivity index (χ1n) is 8.13. The molecule has 0 N–H and O–H groups in total. The van der Waals surface area contributed by atoms with Crippen molar-refractivity contribution in [2.75, 3.05) is 0 Å². The van der Waals surface area contributed by atoms with E-state index in [0.717, 1.165) is 11.1 Å². The Morgan fingerprint density at radius 1 is 0.875 bits per heavy atom. The van der Waals surface area contributed by atoms with Gasteiger partial charge in [0.15, 0.2) is 5.78 Å². The first-order valence-corrected chi connectivity index (χ1v) is 8.13. The minimum absolute atomic E-state index is 0.114. The molecular formula is C21H22O3. The van der Waals surface area contributed by atoms with Crippen molar-refractivity contribution in [1.82, 2.24) is 0 Å². The Kier molecular flexibility index (Phi) is 6.07. The van der Waals surface area contributed by atoms with Crippen LogP contribution in [0.3, 0.4) is 0 Å². The van der Waals surface area contributed by atoms with Gasteiger partial charge in [0.05, 0.1) is 6.10 Å². The molecule has 0 aliphatic carbocycles. The Morgan fingerprint density at radius 3 is 1.71 bits per heavy atom. The lowest BCUT2D eigenvalue weighted by Gasteiger charge is -2.16. The molecule has 24 heavy (non-hydrogen) atoms. The minimum atomic E-state index is -0.570. The van der Waals surface area contributed by atoms with Crippen LogP contribution in [-0.4, -0.2) is 17.9 Å². The number of Topliss-reactive ketones (excluding diaryl/α,β-unsaturated/α-hetero) is 1. The predicted molar refractivity (Wildman–Crippen MR) is 95.4 cm³/mol. The van der Waals surface area contributed by atoms with Crippen LogP contribution in [-0.2, 0) is 14.3 Å². The lowest BCUT2D eigenvalue weighted by Crippen LogP contribution is -2.21. The standard InChI is InChI=1S/C21H22O3/c1-4-18(22)20(21(23)24-15(2)3)19(16-11-7-5-8-12-16)17-13-9-6-10-14-17/h5-15H,4H2,1-3H3. The van der Waals surface area contributed by atoms with Gasteiger partial charge in [-0.15, -0.1) is 0 Å². The first-order chi connectivity index (χ1) is 11.5. The van der Waals surface area contributed by atoms with Crippen molar-refractivity contribution in [2.45, 2.75) is 33.3 Å². The highest BCUT2D eigenvalue weighted by Gasteiger charge is 2.25. The number of rotatable bonds is 6. The summed E-state index contributed by atoms with van der Waals surface area (Å²) < 4.78 is 5.34. The molecule has 3 nitrogen and oxygen atoms in total. The van der Waals surface area contributed by atoms with E-state index in [0.29, 0.717) is 5.57 Å². The third-order valence-electron chi connectivity index (χ3n) is 3.52. The SMILES string of the molecule is CCC(=O)C(C(=O)OC(C)C)=C(c1ccccc1)c1ccccc1. The molecule has 3 heteroatoms. The van der Waals surface area contributed by atoms with Crippen LogP contribution < -0.4 is 0 Å². The van der Waals surface area contributed by atoms with Crippen molar-refractivity contribution in [3.63, 3.8) is 0 Å². The maximum atomic E-state index is 12.6. The van der Waals surface area contributed by atoms with Crippen LogP contribution in [0.4, 0.5) is 0 Å². The average molecular weight is 322 g/mol. The zero-order valence-electron chi connectivity index (χ0n) is 14.3. The molecule has 0 saturated carbocycles. The van der Waals surface area contributed by atoms with Gasteiger partial charge in [-0.1, -0.05) is 67.6 Å². The maximum Gasteiger partial charge on any atom is 0.342 e. The van der Waals surface area contributed by atoms with Crippen molar-refractivity contribution in [2.24, 2.45) is 0 Å². The summed E-state index contributed by atoms with van der Waals surface area (Å²) >= 11 is 0. The second-order valence-electron chi connectivity index (χ2n) is 5.71. The normalized spacial score (nSPS) is 10.3. The first kappa shape index (κ1) is 17.7. The zero-order valence-corrected chi connectivity index (χ0v) is 14.3. The average Bonchev–Trinajstić information content (AvgIpc) is 2.59. The van der Waals surface area contributed by atoms with Gasteiger partial charge in [-0.2, -0.15) is 0 Å². The van der Waals surface area contributed by atoms with E-state index in [9.17, 15) is 9.59 Å². The molecule has 0 unspecified atom stereocenters. The van der Waals surface area contributed by atoms with E-state index < -0.39 is 5.97 Å². The van der Waals surface area contributed by atoms with E-state index in [4.69, 9.17) is 4.74 Å². The lowest BCUT2D eigenvalue weighted by atomic mass is 9.90. The molecule has 124 valence electrons. The zero-order chi connectivity index (χ0) is 17.5. The Hall–Kier alpha value is -2.68. The number of hydrogen-bond donors (Lipinski definition) is 0. The maximum absolute atomic E-state index is 12.6. The molecule has 0 spiro atoms. The van der Waals surface area contributed by atoms with E-state index in [-0.39, 0.29) is 23.9 Å². The summed E-state index contributed by atoms with van der Waals surface area (Å²) in [6, 6.07) is 18.9. The molecule has 2 aromatic rings. The quantitative estimate of drug-likeness (QED) is 0.342. The Labute approximate surface area is 143 Å². The van der Waals surface area contributed by atoms with E-state index in [2.05, 4.69) is 0 Å². The van der Waals surface area contributed by atoms with Crippen LogP contribution in [0.1, 0.15) is 38.3 Å². The van der Waals surface area contributed by atoms with Crippen molar-refractivity contribution in [3.05, 3.63) is 77.4 Å². The molecule has 2 rings (SSSR count). The van der Waals surface area contributed by atoms with Gasteiger partial charge in [0.2, 0.25) is 0 Å². The van der Waals surface area contributed by atoms with E-state index in [1.807, 2.05) is 60.7 Å². The molecule has 0 saturated heterocycles. The summed E-state index contributed by atoms with van der Waals surface area (Å²) in [6.07, 6.45) is -0.0453. The van der Waals surface area contributed by atoms with Gasteiger partial charge in [-0.25, -0.2) is 4.79 Å². The van der Waals surface area contributed by atoms with E-state index in [1.165, 1.54) is 0 Å². The third kappa shape index (κ3) is 4.19. The van der Waals surface area contributed by atoms with Gasteiger partial charge in [-0.3, -0.25) is 4.79 Å². The van der Waals surface area contributed by atoms with Crippen molar-refractivity contribution in [3.8, 4) is 0 Å². The highest BCUT2D eigenvalue weighted by molar-refractivity contribution is 6.24. The van der Waals surface area contributed by atoms with Gasteiger partial charge >= 0.3 is 5.97 Å². The third-order valence-corrected chi connectivity index (χ3v) is 3.52. The predicted octanol–water partition coefficient (Wildman–Crippen LogP) is 4.42. The van der Waals surface area contributed by atoms with Crippen LogP contribution >= 0.6 is 0 Å².